The van der Waals surface area contributed by atoms with Gasteiger partial charge in [0.1, 0.15) is 18.1 Å². The van der Waals surface area contributed by atoms with Gasteiger partial charge in [0.2, 0.25) is 0 Å². The van der Waals surface area contributed by atoms with E-state index in [1.54, 1.807) is 73.9 Å². The summed E-state index contributed by atoms with van der Waals surface area (Å²) in [7, 11) is 0. The number of aliphatic hydroxyl groups excluding tert-OH is 1. The molecule has 0 bridgehead atoms. The summed E-state index contributed by atoms with van der Waals surface area (Å²) in [6, 6.07) is 13.8. The Kier molecular flexibility index (Phi) is 7.34. The summed E-state index contributed by atoms with van der Waals surface area (Å²) < 4.78 is 11.0. The third-order valence-electron chi connectivity index (χ3n) is 5.71. The molecule has 1 saturated heterocycles. The number of hydrogen-bond acceptors (Lipinski definition) is 7. The fourth-order valence-electron chi connectivity index (χ4n) is 4.07. The molecule has 4 rings (SSSR count). The molecule has 2 aromatic carbocycles. The highest BCUT2D eigenvalue weighted by Crippen LogP contribution is 2.42. The Morgan fingerprint density at radius 2 is 1.92 bits per heavy atom. The van der Waals surface area contributed by atoms with Crippen LogP contribution in [0.25, 0.3) is 5.76 Å². The number of benzene rings is 2. The number of rotatable bonds is 9. The number of phenolic OH excluding ortho intramolecular Hbond substituents is 1. The van der Waals surface area contributed by atoms with Crippen LogP contribution < -0.4 is 9.47 Å². The first-order chi connectivity index (χ1) is 17.4. The first-order valence-electron chi connectivity index (χ1n) is 11.4. The standard InChI is InChI=1S/C28H26N2O6/c1-3-14-36-21-10-7-19(8-11-21)26(32)24-25(20-9-12-22(31)23(15-20)35-4-2)30(28(34)27(24)33)17-18-6-5-13-29-16-18/h3,5-13,15-16,25,31-32H,1,4,14,17H2,2H3/b26-24+/t25-/m1/s1. The molecule has 0 spiro atoms. The van der Waals surface area contributed by atoms with Crippen molar-refractivity contribution in [1.82, 2.24) is 9.88 Å². The van der Waals surface area contributed by atoms with Gasteiger partial charge in [-0.25, -0.2) is 0 Å². The van der Waals surface area contributed by atoms with Crippen molar-refractivity contribution in [3.8, 4) is 17.2 Å². The SMILES string of the molecule is C=CCOc1ccc(/C(O)=C2\C(=O)C(=O)N(Cc3cccnc3)[C@@H]2c2ccc(O)c(OCC)c2)cc1. The van der Waals surface area contributed by atoms with E-state index in [0.717, 1.165) is 5.56 Å². The third-order valence-corrected chi connectivity index (χ3v) is 5.71. The molecule has 1 aromatic heterocycles. The number of aromatic hydroxyl groups is 1. The van der Waals surface area contributed by atoms with Crippen LogP contribution in [0.15, 0.2) is 85.2 Å². The second-order valence-corrected chi connectivity index (χ2v) is 8.07. The maximum atomic E-state index is 13.2. The Morgan fingerprint density at radius 3 is 2.58 bits per heavy atom. The van der Waals surface area contributed by atoms with E-state index in [1.807, 2.05) is 0 Å². The molecule has 36 heavy (non-hydrogen) atoms. The summed E-state index contributed by atoms with van der Waals surface area (Å²) in [6.07, 6.45) is 4.85. The van der Waals surface area contributed by atoms with Gasteiger partial charge in [-0.3, -0.25) is 14.6 Å². The van der Waals surface area contributed by atoms with Crippen LogP contribution in [0.5, 0.6) is 17.2 Å². The first kappa shape index (κ1) is 24.5. The molecular weight excluding hydrogens is 460 g/mol. The zero-order chi connectivity index (χ0) is 25.7. The Bertz CT molecular complexity index is 1300. The highest BCUT2D eigenvalue weighted by atomic mass is 16.5. The van der Waals surface area contributed by atoms with Crippen molar-refractivity contribution in [3.63, 3.8) is 0 Å². The van der Waals surface area contributed by atoms with Crippen LogP contribution in [0.3, 0.4) is 0 Å². The van der Waals surface area contributed by atoms with E-state index in [-0.39, 0.29) is 29.4 Å². The van der Waals surface area contributed by atoms with Crippen LogP contribution >= 0.6 is 0 Å². The molecule has 1 aliphatic rings. The molecule has 8 heteroatoms. The quantitative estimate of drug-likeness (QED) is 0.200. The minimum Gasteiger partial charge on any atom is -0.507 e. The van der Waals surface area contributed by atoms with Crippen LogP contribution in [0, 0.1) is 0 Å². The molecule has 0 radical (unpaired) electrons. The van der Waals surface area contributed by atoms with E-state index >= 15 is 0 Å². The fraction of sp³-hybridized carbons (Fsp3) is 0.179. The number of pyridine rings is 1. The molecule has 3 aromatic rings. The van der Waals surface area contributed by atoms with Crippen LogP contribution in [-0.4, -0.2) is 45.0 Å². The largest absolute Gasteiger partial charge is 0.507 e. The lowest BCUT2D eigenvalue weighted by molar-refractivity contribution is -0.140. The van der Waals surface area contributed by atoms with Crippen LogP contribution in [0.1, 0.15) is 29.7 Å². The minimum absolute atomic E-state index is 0.0585. The van der Waals surface area contributed by atoms with E-state index in [4.69, 9.17) is 9.47 Å². The number of likely N-dealkylation sites (tertiary alicyclic amines) is 1. The summed E-state index contributed by atoms with van der Waals surface area (Å²) in [5, 5.41) is 21.4. The topological polar surface area (TPSA) is 109 Å². The van der Waals surface area contributed by atoms with Gasteiger partial charge in [0.15, 0.2) is 11.5 Å². The summed E-state index contributed by atoms with van der Waals surface area (Å²) in [5.74, 6) is -1.15. The van der Waals surface area contributed by atoms with Gasteiger partial charge in [-0.1, -0.05) is 24.8 Å². The van der Waals surface area contributed by atoms with Gasteiger partial charge >= 0.3 is 0 Å². The van der Waals surface area contributed by atoms with E-state index < -0.39 is 17.7 Å². The van der Waals surface area contributed by atoms with Gasteiger partial charge < -0.3 is 24.6 Å². The Morgan fingerprint density at radius 1 is 1.14 bits per heavy atom. The normalized spacial score (nSPS) is 16.7. The lowest BCUT2D eigenvalue weighted by atomic mass is 9.95. The number of carbonyl (C=O) groups excluding carboxylic acids is 2. The zero-order valence-electron chi connectivity index (χ0n) is 19.8. The van der Waals surface area contributed by atoms with Crippen molar-refractivity contribution >= 4 is 17.4 Å². The van der Waals surface area contributed by atoms with Gasteiger partial charge in [0.05, 0.1) is 18.2 Å². The molecular formula is C28H26N2O6. The van der Waals surface area contributed by atoms with Crippen LogP contribution in [-0.2, 0) is 16.1 Å². The number of carbonyl (C=O) groups is 2. The van der Waals surface area contributed by atoms with Gasteiger partial charge in [-0.2, -0.15) is 0 Å². The van der Waals surface area contributed by atoms with Crippen molar-refractivity contribution < 1.29 is 29.3 Å². The van der Waals surface area contributed by atoms with E-state index in [9.17, 15) is 19.8 Å². The number of ether oxygens (including phenoxy) is 2. The predicted octanol–water partition coefficient (Wildman–Crippen LogP) is 4.37. The molecule has 1 atom stereocenters. The molecule has 0 saturated carbocycles. The number of phenols is 1. The maximum absolute atomic E-state index is 13.2. The van der Waals surface area contributed by atoms with Gasteiger partial charge in [-0.05, 0) is 60.5 Å². The second-order valence-electron chi connectivity index (χ2n) is 8.07. The summed E-state index contributed by atoms with van der Waals surface area (Å²) in [5.41, 5.74) is 1.52. The molecule has 0 aliphatic carbocycles. The lowest BCUT2D eigenvalue weighted by Gasteiger charge is -2.26. The summed E-state index contributed by atoms with van der Waals surface area (Å²) in [6.45, 7) is 6.13. The van der Waals surface area contributed by atoms with Gasteiger partial charge in [0, 0.05) is 24.5 Å². The fourth-order valence-corrected chi connectivity index (χ4v) is 4.07. The maximum Gasteiger partial charge on any atom is 0.295 e. The monoisotopic (exact) mass is 486 g/mol. The molecule has 2 heterocycles. The van der Waals surface area contributed by atoms with E-state index in [1.165, 1.54) is 11.0 Å². The number of aromatic nitrogens is 1. The molecule has 1 amide bonds. The summed E-state index contributed by atoms with van der Waals surface area (Å²) >= 11 is 0. The van der Waals surface area contributed by atoms with Crippen molar-refractivity contribution in [2.45, 2.75) is 19.5 Å². The van der Waals surface area contributed by atoms with Crippen molar-refractivity contribution in [1.29, 1.82) is 0 Å². The lowest BCUT2D eigenvalue weighted by Crippen LogP contribution is -2.29. The third kappa shape index (κ3) is 4.93. The number of ketones is 1. The Balaban J connectivity index is 1.82. The second kappa shape index (κ2) is 10.8. The van der Waals surface area contributed by atoms with E-state index in [2.05, 4.69) is 11.6 Å². The van der Waals surface area contributed by atoms with Crippen molar-refractivity contribution in [2.75, 3.05) is 13.2 Å². The number of aliphatic hydroxyl groups is 1. The molecule has 8 nitrogen and oxygen atoms in total. The molecule has 0 unspecified atom stereocenters. The van der Waals surface area contributed by atoms with Gasteiger partial charge in [-0.15, -0.1) is 0 Å². The van der Waals surface area contributed by atoms with Crippen molar-refractivity contribution in [2.24, 2.45) is 0 Å². The summed E-state index contributed by atoms with van der Waals surface area (Å²) in [4.78, 5) is 31.9. The Hall–Kier alpha value is -4.59. The first-order valence-corrected chi connectivity index (χ1v) is 11.4. The van der Waals surface area contributed by atoms with Crippen LogP contribution in [0.4, 0.5) is 0 Å². The van der Waals surface area contributed by atoms with Gasteiger partial charge in [0.25, 0.3) is 11.7 Å². The average molecular weight is 487 g/mol. The minimum atomic E-state index is -0.915. The Labute approximate surface area is 208 Å². The van der Waals surface area contributed by atoms with Crippen molar-refractivity contribution in [3.05, 3.63) is 102 Å². The number of amides is 1. The van der Waals surface area contributed by atoms with Crippen LogP contribution in [0.2, 0.25) is 0 Å². The molecule has 184 valence electrons. The number of nitrogens with zero attached hydrogens (tertiary/aromatic N) is 2. The number of hydrogen-bond donors (Lipinski definition) is 2. The predicted molar refractivity (Wildman–Crippen MR) is 133 cm³/mol. The molecule has 1 fully saturated rings. The number of Topliss-reactive ketones (excluding diaryl/α,β-unsaturated/α-hetero) is 1. The zero-order valence-corrected chi connectivity index (χ0v) is 19.8. The average Bonchev–Trinajstić information content (AvgIpc) is 3.14. The highest BCUT2D eigenvalue weighted by molar-refractivity contribution is 6.46. The highest BCUT2D eigenvalue weighted by Gasteiger charge is 2.46. The van der Waals surface area contributed by atoms with E-state index in [0.29, 0.717) is 30.1 Å². The molecule has 1 aliphatic heterocycles. The molecule has 2 N–H and O–H groups in total. The smallest absolute Gasteiger partial charge is 0.295 e.